The third kappa shape index (κ3) is 6.68. The number of nitrogens with zero attached hydrogens (tertiary/aromatic N) is 1. The summed E-state index contributed by atoms with van der Waals surface area (Å²) in [7, 11) is 0. The largest absolute Gasteiger partial charge is 0.358 e. The Hall–Kier alpha value is -0.340. The Morgan fingerprint density at radius 1 is 1.00 bits per heavy atom. The molecule has 0 bridgehead atoms. The number of alkyl halides is 2. The van der Waals surface area contributed by atoms with Crippen LogP contribution in [-0.2, 0) is 4.74 Å². The van der Waals surface area contributed by atoms with Gasteiger partial charge < -0.3 is 4.74 Å². The van der Waals surface area contributed by atoms with E-state index < -0.39 is 12.0 Å². The van der Waals surface area contributed by atoms with E-state index in [1.54, 1.807) is 0 Å². The zero-order chi connectivity index (χ0) is 19.2. The summed E-state index contributed by atoms with van der Waals surface area (Å²) in [5.74, 6) is 1.33. The summed E-state index contributed by atoms with van der Waals surface area (Å²) in [5, 5.41) is 11.1. The smallest absolute Gasteiger partial charge is 0.317 e. The third-order valence-corrected chi connectivity index (χ3v) is 7.33. The highest BCUT2D eigenvalue weighted by atomic mass is 32.2. The second kappa shape index (κ2) is 10.3. The summed E-state index contributed by atoms with van der Waals surface area (Å²) < 4.78 is 34.6. The van der Waals surface area contributed by atoms with Gasteiger partial charge in [0.2, 0.25) is 0 Å². The predicted octanol–water partition coefficient (Wildman–Crippen LogP) is 7.00. The average molecular weight is 388 g/mol. The van der Waals surface area contributed by atoms with E-state index in [0.29, 0.717) is 43.4 Å². The standard InChI is InChI=1S/C21H35F2NOS/c1-15(2)4-5-16(3)17-6-8-18(9-7-17)21(22,23)25-19-10-12-20(13-11-19)26-14-24/h15-20H,4-13H2,1-3H3. The van der Waals surface area contributed by atoms with E-state index in [9.17, 15) is 8.78 Å². The lowest BCUT2D eigenvalue weighted by atomic mass is 9.74. The molecule has 0 aromatic rings. The van der Waals surface area contributed by atoms with Crippen molar-refractivity contribution in [2.45, 2.75) is 102 Å². The molecule has 0 radical (unpaired) electrons. The Morgan fingerprint density at radius 2 is 1.62 bits per heavy atom. The van der Waals surface area contributed by atoms with E-state index in [1.165, 1.54) is 24.6 Å². The van der Waals surface area contributed by atoms with Crippen molar-refractivity contribution in [1.29, 1.82) is 5.26 Å². The number of hydrogen-bond acceptors (Lipinski definition) is 3. The van der Waals surface area contributed by atoms with Crippen molar-refractivity contribution in [1.82, 2.24) is 0 Å². The highest BCUT2D eigenvalue weighted by Gasteiger charge is 2.45. The van der Waals surface area contributed by atoms with Crippen LogP contribution in [0.2, 0.25) is 0 Å². The van der Waals surface area contributed by atoms with Gasteiger partial charge in [-0.25, -0.2) is 0 Å². The summed E-state index contributed by atoms with van der Waals surface area (Å²) in [6.07, 6.45) is 5.01. The van der Waals surface area contributed by atoms with E-state index in [4.69, 9.17) is 10.00 Å². The predicted molar refractivity (Wildman–Crippen MR) is 104 cm³/mol. The first-order valence-corrected chi connectivity index (χ1v) is 11.3. The first-order valence-electron chi connectivity index (χ1n) is 10.4. The van der Waals surface area contributed by atoms with Crippen molar-refractivity contribution in [2.24, 2.45) is 23.7 Å². The molecule has 2 saturated carbocycles. The van der Waals surface area contributed by atoms with E-state index in [1.807, 2.05) is 0 Å². The van der Waals surface area contributed by atoms with Crippen LogP contribution in [0.25, 0.3) is 0 Å². The molecule has 1 unspecified atom stereocenters. The van der Waals surface area contributed by atoms with Crippen molar-refractivity contribution >= 4 is 11.8 Å². The number of rotatable bonds is 8. The fourth-order valence-electron chi connectivity index (χ4n) is 4.52. The maximum Gasteiger partial charge on any atom is 0.358 e. The lowest BCUT2D eigenvalue weighted by molar-refractivity contribution is -0.301. The minimum atomic E-state index is -2.99. The van der Waals surface area contributed by atoms with Crippen molar-refractivity contribution in [3.05, 3.63) is 0 Å². The van der Waals surface area contributed by atoms with Crippen LogP contribution in [0, 0.1) is 34.3 Å². The zero-order valence-corrected chi connectivity index (χ0v) is 17.4. The molecule has 2 rings (SSSR count). The molecule has 0 heterocycles. The van der Waals surface area contributed by atoms with Crippen LogP contribution in [0.15, 0.2) is 0 Å². The number of halogens is 2. The van der Waals surface area contributed by atoms with Gasteiger partial charge in [0.05, 0.1) is 12.0 Å². The van der Waals surface area contributed by atoms with Gasteiger partial charge >= 0.3 is 6.11 Å². The molecule has 1 atom stereocenters. The number of hydrogen-bond donors (Lipinski definition) is 0. The number of ether oxygens (including phenoxy) is 1. The van der Waals surface area contributed by atoms with E-state index in [0.717, 1.165) is 25.7 Å². The van der Waals surface area contributed by atoms with Crippen molar-refractivity contribution in [2.75, 3.05) is 0 Å². The third-order valence-electron chi connectivity index (χ3n) is 6.42. The van der Waals surface area contributed by atoms with Gasteiger partial charge in [-0.3, -0.25) is 0 Å². The van der Waals surface area contributed by atoms with Gasteiger partial charge in [-0.15, -0.1) is 0 Å². The number of nitriles is 1. The molecular weight excluding hydrogens is 352 g/mol. The summed E-state index contributed by atoms with van der Waals surface area (Å²) in [4.78, 5) is 0. The van der Waals surface area contributed by atoms with E-state index >= 15 is 0 Å². The molecule has 150 valence electrons. The molecule has 0 saturated heterocycles. The molecule has 2 aliphatic carbocycles. The first kappa shape index (κ1) is 22.0. The molecule has 0 spiro atoms. The fraction of sp³-hybridized carbons (Fsp3) is 0.952. The van der Waals surface area contributed by atoms with Crippen LogP contribution < -0.4 is 0 Å². The summed E-state index contributed by atoms with van der Waals surface area (Å²) >= 11 is 1.27. The SMILES string of the molecule is CC(C)CCC(C)C1CCC(C(F)(F)OC2CCC(SC#N)CC2)CC1. The monoisotopic (exact) mass is 387 g/mol. The minimum absolute atomic E-state index is 0.288. The van der Waals surface area contributed by atoms with Gasteiger partial charge in [0.15, 0.2) is 0 Å². The summed E-state index contributed by atoms with van der Waals surface area (Å²) in [6.45, 7) is 6.78. The van der Waals surface area contributed by atoms with Crippen LogP contribution in [0.1, 0.15) is 85.0 Å². The Kier molecular flexibility index (Phi) is 8.67. The van der Waals surface area contributed by atoms with Crippen molar-refractivity contribution in [3.63, 3.8) is 0 Å². The highest BCUT2D eigenvalue weighted by molar-refractivity contribution is 8.04. The molecule has 0 aromatic carbocycles. The molecule has 0 N–H and O–H groups in total. The Bertz CT molecular complexity index is 449. The van der Waals surface area contributed by atoms with Gasteiger partial charge in [-0.1, -0.05) is 33.6 Å². The lowest BCUT2D eigenvalue weighted by Gasteiger charge is -2.38. The van der Waals surface area contributed by atoms with Crippen LogP contribution in [0.5, 0.6) is 0 Å². The molecular formula is C21H35F2NOS. The van der Waals surface area contributed by atoms with Gasteiger partial charge in [0.1, 0.15) is 5.40 Å². The van der Waals surface area contributed by atoms with E-state index in [2.05, 4.69) is 26.2 Å². The molecule has 0 aromatic heterocycles. The van der Waals surface area contributed by atoms with Gasteiger partial charge in [0.25, 0.3) is 0 Å². The topological polar surface area (TPSA) is 33.0 Å². The molecule has 5 heteroatoms. The quantitative estimate of drug-likeness (QED) is 0.420. The maximum atomic E-state index is 14.6. The Morgan fingerprint density at radius 3 is 2.15 bits per heavy atom. The van der Waals surface area contributed by atoms with Crippen LogP contribution in [0.4, 0.5) is 8.78 Å². The summed E-state index contributed by atoms with van der Waals surface area (Å²) in [5.41, 5.74) is 0. The number of thioether (sulfide) groups is 1. The molecule has 0 amide bonds. The molecule has 2 nitrogen and oxygen atoms in total. The number of thiocyanates is 1. The van der Waals surface area contributed by atoms with Crippen molar-refractivity contribution < 1.29 is 13.5 Å². The molecule has 0 aliphatic heterocycles. The average Bonchev–Trinajstić information content (AvgIpc) is 2.61. The van der Waals surface area contributed by atoms with Crippen LogP contribution >= 0.6 is 11.8 Å². The minimum Gasteiger partial charge on any atom is -0.317 e. The highest BCUT2D eigenvalue weighted by Crippen LogP contribution is 2.44. The van der Waals surface area contributed by atoms with Gasteiger partial charge in [-0.2, -0.15) is 14.0 Å². The Labute approximate surface area is 162 Å². The lowest BCUT2D eigenvalue weighted by Crippen LogP contribution is -2.39. The normalized spacial score (nSPS) is 31.6. The molecule has 2 fully saturated rings. The summed E-state index contributed by atoms with van der Waals surface area (Å²) in [6, 6.07) is 0. The zero-order valence-electron chi connectivity index (χ0n) is 16.6. The molecule has 26 heavy (non-hydrogen) atoms. The fourth-order valence-corrected chi connectivity index (χ4v) is 5.17. The molecule has 2 aliphatic rings. The van der Waals surface area contributed by atoms with Crippen LogP contribution in [-0.4, -0.2) is 17.5 Å². The second-order valence-electron chi connectivity index (χ2n) is 8.85. The maximum absolute atomic E-state index is 14.6. The van der Waals surface area contributed by atoms with E-state index in [-0.39, 0.29) is 11.4 Å². The first-order chi connectivity index (χ1) is 12.3. The Balaban J connectivity index is 1.74. The van der Waals surface area contributed by atoms with Gasteiger partial charge in [0, 0.05) is 5.25 Å². The van der Waals surface area contributed by atoms with Gasteiger partial charge in [-0.05, 0) is 80.9 Å². The second-order valence-corrected chi connectivity index (χ2v) is 9.93. The van der Waals surface area contributed by atoms with Crippen molar-refractivity contribution in [3.8, 4) is 5.40 Å². The van der Waals surface area contributed by atoms with Crippen LogP contribution in [0.3, 0.4) is 0 Å².